The molecule has 0 aromatic heterocycles. The lowest BCUT2D eigenvalue weighted by Crippen LogP contribution is -2.16. The van der Waals surface area contributed by atoms with Gasteiger partial charge in [-0.2, -0.15) is 5.10 Å². The van der Waals surface area contributed by atoms with E-state index in [1.165, 1.54) is 0 Å². The Morgan fingerprint density at radius 3 is 2.47 bits per heavy atom. The van der Waals surface area contributed by atoms with E-state index in [9.17, 15) is 0 Å². The van der Waals surface area contributed by atoms with Crippen molar-refractivity contribution in [3.63, 3.8) is 0 Å². The number of halogens is 1. The molecule has 0 saturated heterocycles. The predicted octanol–water partition coefficient (Wildman–Crippen LogP) is 3.57. The summed E-state index contributed by atoms with van der Waals surface area (Å²) < 4.78 is 0. The molecule has 1 aliphatic rings. The normalized spacial score (nSPS) is 14.2. The number of fused-ring (bicyclic) bond motifs is 1. The highest BCUT2D eigenvalue weighted by Crippen LogP contribution is 2.23. The first-order valence-electron chi connectivity index (χ1n) is 5.95. The lowest BCUT2D eigenvalue weighted by atomic mass is 9.96. The van der Waals surface area contributed by atoms with Crippen LogP contribution in [0.5, 0.6) is 0 Å². The molecule has 0 spiro atoms. The van der Waals surface area contributed by atoms with Crippen LogP contribution >= 0.6 is 23.8 Å². The first-order valence-corrected chi connectivity index (χ1v) is 6.74. The van der Waals surface area contributed by atoms with Gasteiger partial charge in [0, 0.05) is 17.5 Å². The topological polar surface area (TPSA) is 24.4 Å². The van der Waals surface area contributed by atoms with E-state index >= 15 is 0 Å². The third-order valence-corrected chi connectivity index (χ3v) is 3.61. The Labute approximate surface area is 122 Å². The molecule has 94 valence electrons. The summed E-state index contributed by atoms with van der Waals surface area (Å²) in [6, 6.07) is 15.8. The van der Waals surface area contributed by atoms with Crippen molar-refractivity contribution < 1.29 is 0 Å². The van der Waals surface area contributed by atoms with Crippen LogP contribution in [0.1, 0.15) is 16.7 Å². The van der Waals surface area contributed by atoms with Gasteiger partial charge in [-0.3, -0.25) is 5.43 Å². The first kappa shape index (κ1) is 12.3. The fourth-order valence-electron chi connectivity index (χ4n) is 2.16. The summed E-state index contributed by atoms with van der Waals surface area (Å²) in [5, 5.41) is 5.10. The van der Waals surface area contributed by atoms with E-state index < -0.39 is 0 Å². The van der Waals surface area contributed by atoms with Crippen LogP contribution in [0.4, 0.5) is 0 Å². The molecular weight excluding hydrogens is 276 g/mol. The zero-order valence-corrected chi connectivity index (χ0v) is 11.6. The smallest absolute Gasteiger partial charge is 0.101 e. The number of nitrogens with one attached hydrogen (secondary N) is 1. The van der Waals surface area contributed by atoms with Crippen LogP contribution in [0.2, 0.25) is 5.02 Å². The minimum absolute atomic E-state index is 0.686. The summed E-state index contributed by atoms with van der Waals surface area (Å²) in [7, 11) is 0. The fourth-order valence-corrected chi connectivity index (χ4v) is 2.58. The SMILES string of the molecule is S=C1Cc2ccccc2C(c2ccccc2Cl)=NN1. The van der Waals surface area contributed by atoms with Crippen LogP contribution in [-0.2, 0) is 6.42 Å². The first-order chi connectivity index (χ1) is 9.25. The molecule has 0 radical (unpaired) electrons. The second-order valence-corrected chi connectivity index (χ2v) is 5.21. The molecule has 3 rings (SSSR count). The number of benzene rings is 2. The molecule has 2 aromatic carbocycles. The van der Waals surface area contributed by atoms with Gasteiger partial charge in [0.05, 0.1) is 10.7 Å². The highest BCUT2D eigenvalue weighted by atomic mass is 35.5. The Morgan fingerprint density at radius 1 is 1.00 bits per heavy atom. The summed E-state index contributed by atoms with van der Waals surface area (Å²) in [6.45, 7) is 0. The number of rotatable bonds is 1. The zero-order chi connectivity index (χ0) is 13.2. The van der Waals surface area contributed by atoms with Crippen LogP contribution in [-0.4, -0.2) is 10.7 Å². The van der Waals surface area contributed by atoms with E-state index in [-0.39, 0.29) is 0 Å². The van der Waals surface area contributed by atoms with Gasteiger partial charge in [0.1, 0.15) is 4.99 Å². The molecule has 0 atom stereocenters. The standard InChI is InChI=1S/C15H11ClN2S/c16-13-8-4-3-7-12(13)15-11-6-2-1-5-10(11)9-14(19)17-18-15/h1-8H,9H2,(H,17,19). The van der Waals surface area contributed by atoms with Gasteiger partial charge < -0.3 is 0 Å². The van der Waals surface area contributed by atoms with Crippen LogP contribution in [0.15, 0.2) is 53.6 Å². The van der Waals surface area contributed by atoms with Gasteiger partial charge in [-0.05, 0) is 11.6 Å². The second-order valence-electron chi connectivity index (χ2n) is 4.31. The van der Waals surface area contributed by atoms with Crippen LogP contribution < -0.4 is 5.43 Å². The van der Waals surface area contributed by atoms with Crippen molar-refractivity contribution in [1.82, 2.24) is 5.43 Å². The quantitative estimate of drug-likeness (QED) is 0.811. The Kier molecular flexibility index (Phi) is 3.32. The summed E-state index contributed by atoms with van der Waals surface area (Å²) in [5.41, 5.74) is 6.91. The van der Waals surface area contributed by atoms with Gasteiger partial charge in [-0.1, -0.05) is 66.3 Å². The Bertz CT molecular complexity index is 679. The van der Waals surface area contributed by atoms with E-state index in [0.29, 0.717) is 11.4 Å². The van der Waals surface area contributed by atoms with Crippen molar-refractivity contribution in [1.29, 1.82) is 0 Å². The number of hydrogen-bond donors (Lipinski definition) is 1. The molecule has 0 saturated carbocycles. The molecule has 1 aliphatic heterocycles. The molecular formula is C15H11ClN2S. The average Bonchev–Trinajstić information content (AvgIpc) is 2.58. The molecule has 1 heterocycles. The summed E-state index contributed by atoms with van der Waals surface area (Å²) in [4.78, 5) is 0.717. The van der Waals surface area contributed by atoms with Crippen molar-refractivity contribution in [2.75, 3.05) is 0 Å². The van der Waals surface area contributed by atoms with Gasteiger partial charge in [0.2, 0.25) is 0 Å². The highest BCUT2D eigenvalue weighted by Gasteiger charge is 2.17. The summed E-state index contributed by atoms with van der Waals surface area (Å²) in [6.07, 6.45) is 0.697. The molecule has 0 unspecified atom stereocenters. The molecule has 19 heavy (non-hydrogen) atoms. The van der Waals surface area contributed by atoms with Crippen LogP contribution in [0, 0.1) is 0 Å². The third kappa shape index (κ3) is 2.39. The van der Waals surface area contributed by atoms with Crippen molar-refractivity contribution >= 4 is 34.5 Å². The average molecular weight is 287 g/mol. The van der Waals surface area contributed by atoms with Crippen molar-refractivity contribution in [2.45, 2.75) is 6.42 Å². The van der Waals surface area contributed by atoms with E-state index in [1.54, 1.807) is 0 Å². The Balaban J connectivity index is 2.21. The maximum atomic E-state index is 6.27. The summed E-state index contributed by atoms with van der Waals surface area (Å²) >= 11 is 11.5. The minimum atomic E-state index is 0.686. The predicted molar refractivity (Wildman–Crippen MR) is 83.0 cm³/mol. The molecule has 0 amide bonds. The van der Waals surface area contributed by atoms with Crippen LogP contribution in [0.25, 0.3) is 0 Å². The largest absolute Gasteiger partial charge is 0.271 e. The van der Waals surface area contributed by atoms with Gasteiger partial charge in [-0.25, -0.2) is 0 Å². The highest BCUT2D eigenvalue weighted by molar-refractivity contribution is 7.80. The molecule has 0 bridgehead atoms. The molecule has 0 aliphatic carbocycles. The van der Waals surface area contributed by atoms with Gasteiger partial charge in [-0.15, -0.1) is 0 Å². The Hall–Kier alpha value is -1.71. The van der Waals surface area contributed by atoms with Gasteiger partial charge in [0.15, 0.2) is 0 Å². The van der Waals surface area contributed by atoms with Gasteiger partial charge >= 0.3 is 0 Å². The van der Waals surface area contributed by atoms with Crippen molar-refractivity contribution in [3.8, 4) is 0 Å². The summed E-state index contributed by atoms with van der Waals surface area (Å²) in [5.74, 6) is 0. The number of thiocarbonyl (C=S) groups is 1. The lowest BCUT2D eigenvalue weighted by Gasteiger charge is -2.09. The molecule has 4 heteroatoms. The zero-order valence-electron chi connectivity index (χ0n) is 10.1. The molecule has 2 aromatic rings. The number of hydrogen-bond acceptors (Lipinski definition) is 2. The van der Waals surface area contributed by atoms with E-state index in [4.69, 9.17) is 23.8 Å². The fraction of sp³-hybridized carbons (Fsp3) is 0.0667. The van der Waals surface area contributed by atoms with E-state index in [1.807, 2.05) is 42.5 Å². The monoisotopic (exact) mass is 286 g/mol. The molecule has 2 nitrogen and oxygen atoms in total. The molecule has 1 N–H and O–H groups in total. The van der Waals surface area contributed by atoms with Crippen molar-refractivity contribution in [2.24, 2.45) is 5.10 Å². The molecule has 0 fully saturated rings. The van der Waals surface area contributed by atoms with Gasteiger partial charge in [0.25, 0.3) is 0 Å². The van der Waals surface area contributed by atoms with Crippen LogP contribution in [0.3, 0.4) is 0 Å². The maximum absolute atomic E-state index is 6.27. The lowest BCUT2D eigenvalue weighted by molar-refractivity contribution is 1.03. The number of nitrogens with zero attached hydrogens (tertiary/aromatic N) is 1. The Morgan fingerprint density at radius 2 is 1.68 bits per heavy atom. The van der Waals surface area contributed by atoms with Crippen molar-refractivity contribution in [3.05, 3.63) is 70.2 Å². The minimum Gasteiger partial charge on any atom is -0.271 e. The maximum Gasteiger partial charge on any atom is 0.101 e. The van der Waals surface area contributed by atoms with E-state index in [2.05, 4.69) is 16.6 Å². The van der Waals surface area contributed by atoms with E-state index in [0.717, 1.165) is 27.4 Å². The second kappa shape index (κ2) is 5.11. The third-order valence-electron chi connectivity index (χ3n) is 3.04. The number of hydrazone groups is 1.